The molecule has 4 nitrogen and oxygen atoms in total. The van der Waals surface area contributed by atoms with E-state index < -0.39 is 0 Å². The number of aryl methyl sites for hydroxylation is 1. The normalized spacial score (nSPS) is 20.1. The Morgan fingerprint density at radius 2 is 2.41 bits per heavy atom. The van der Waals surface area contributed by atoms with Crippen LogP contribution in [0.25, 0.3) is 0 Å². The molecule has 1 saturated heterocycles. The van der Waals surface area contributed by atoms with Crippen LogP contribution in [-0.4, -0.2) is 30.7 Å². The third-order valence-corrected chi connectivity index (χ3v) is 3.21. The molecule has 1 aliphatic rings. The van der Waals surface area contributed by atoms with Gasteiger partial charge in [0.05, 0.1) is 16.3 Å². The summed E-state index contributed by atoms with van der Waals surface area (Å²) in [5.41, 5.74) is 1.28. The van der Waals surface area contributed by atoms with Crippen LogP contribution in [0.5, 0.6) is 0 Å². The lowest BCUT2D eigenvalue weighted by atomic mass is 10.2. The zero-order chi connectivity index (χ0) is 12.4. The first-order valence-corrected chi connectivity index (χ1v) is 6.05. The van der Waals surface area contributed by atoms with Crippen molar-refractivity contribution in [2.45, 2.75) is 19.9 Å². The maximum absolute atomic E-state index is 8.91. The van der Waals surface area contributed by atoms with Gasteiger partial charge in [-0.2, -0.15) is 5.26 Å². The van der Waals surface area contributed by atoms with Crippen molar-refractivity contribution in [2.24, 2.45) is 0 Å². The van der Waals surface area contributed by atoms with Crippen molar-refractivity contribution in [3.05, 3.63) is 22.3 Å². The second kappa shape index (κ2) is 4.91. The van der Waals surface area contributed by atoms with Crippen molar-refractivity contribution >= 4 is 17.4 Å². The number of pyridine rings is 1. The maximum atomic E-state index is 8.91. The average molecular weight is 251 g/mol. The number of nitriles is 1. The Balaban J connectivity index is 2.32. The second-order valence-electron chi connectivity index (χ2n) is 4.34. The summed E-state index contributed by atoms with van der Waals surface area (Å²) in [6.07, 6.45) is 0. The number of hydrogen-bond donors (Lipinski definition) is 1. The highest BCUT2D eigenvalue weighted by atomic mass is 35.5. The van der Waals surface area contributed by atoms with Gasteiger partial charge in [0.1, 0.15) is 11.9 Å². The molecule has 1 aromatic heterocycles. The molecule has 0 aliphatic carbocycles. The molecule has 0 saturated carbocycles. The van der Waals surface area contributed by atoms with Gasteiger partial charge in [-0.3, -0.25) is 0 Å². The third kappa shape index (κ3) is 2.51. The van der Waals surface area contributed by atoms with E-state index in [1.807, 2.05) is 6.92 Å². The summed E-state index contributed by atoms with van der Waals surface area (Å²) in [5.74, 6) is 0.788. The van der Waals surface area contributed by atoms with E-state index in [-0.39, 0.29) is 0 Å². The minimum Gasteiger partial charge on any atom is -0.353 e. The lowest BCUT2D eigenvalue weighted by Crippen LogP contribution is -2.49. The standard InChI is InChI=1S/C12H15ClN4/c1-8-7-17(4-3-15-8)12-11(13)5-10(6-14)9(2)16-12/h5,8,15H,3-4,7H2,1-2H3/t8-/m1/s1. The van der Waals surface area contributed by atoms with Crippen LogP contribution in [0, 0.1) is 18.3 Å². The smallest absolute Gasteiger partial charge is 0.147 e. The van der Waals surface area contributed by atoms with E-state index in [9.17, 15) is 0 Å². The Morgan fingerprint density at radius 1 is 1.65 bits per heavy atom. The average Bonchev–Trinajstić information content (AvgIpc) is 2.31. The molecule has 0 aromatic carbocycles. The number of nitrogens with one attached hydrogen (secondary N) is 1. The van der Waals surface area contributed by atoms with Gasteiger partial charge in [-0.1, -0.05) is 11.6 Å². The van der Waals surface area contributed by atoms with E-state index in [2.05, 4.69) is 28.2 Å². The molecule has 0 unspecified atom stereocenters. The molecule has 2 heterocycles. The Morgan fingerprint density at radius 3 is 3.06 bits per heavy atom. The van der Waals surface area contributed by atoms with Crippen LogP contribution in [0.4, 0.5) is 5.82 Å². The number of halogens is 1. The Kier molecular flexibility index (Phi) is 3.51. The molecular weight excluding hydrogens is 236 g/mol. The van der Waals surface area contributed by atoms with E-state index in [0.29, 0.717) is 16.6 Å². The highest BCUT2D eigenvalue weighted by Gasteiger charge is 2.20. The van der Waals surface area contributed by atoms with Crippen LogP contribution in [0.3, 0.4) is 0 Å². The Bertz CT molecular complexity index is 466. The van der Waals surface area contributed by atoms with Gasteiger partial charge in [0.2, 0.25) is 0 Å². The predicted octanol–water partition coefficient (Wildman–Crippen LogP) is 1.71. The van der Waals surface area contributed by atoms with E-state index in [0.717, 1.165) is 31.1 Å². The predicted molar refractivity (Wildman–Crippen MR) is 68.4 cm³/mol. The molecule has 1 atom stereocenters. The first-order valence-electron chi connectivity index (χ1n) is 5.67. The first kappa shape index (κ1) is 12.2. The quantitative estimate of drug-likeness (QED) is 0.825. The molecule has 1 aliphatic heterocycles. The van der Waals surface area contributed by atoms with Gasteiger partial charge in [0, 0.05) is 25.7 Å². The van der Waals surface area contributed by atoms with E-state index >= 15 is 0 Å². The van der Waals surface area contributed by atoms with Crippen molar-refractivity contribution in [1.29, 1.82) is 5.26 Å². The fourth-order valence-electron chi connectivity index (χ4n) is 2.03. The summed E-state index contributed by atoms with van der Waals surface area (Å²) in [4.78, 5) is 6.61. The topological polar surface area (TPSA) is 52.0 Å². The number of aromatic nitrogens is 1. The van der Waals surface area contributed by atoms with Crippen LogP contribution in [-0.2, 0) is 0 Å². The summed E-state index contributed by atoms with van der Waals surface area (Å²) in [7, 11) is 0. The van der Waals surface area contributed by atoms with Crippen LogP contribution in [0.15, 0.2) is 6.07 Å². The van der Waals surface area contributed by atoms with E-state index in [1.165, 1.54) is 0 Å². The van der Waals surface area contributed by atoms with Crippen LogP contribution < -0.4 is 10.2 Å². The van der Waals surface area contributed by atoms with Gasteiger partial charge in [-0.15, -0.1) is 0 Å². The van der Waals surface area contributed by atoms with Gasteiger partial charge >= 0.3 is 0 Å². The van der Waals surface area contributed by atoms with Crippen LogP contribution in [0.1, 0.15) is 18.2 Å². The summed E-state index contributed by atoms with van der Waals surface area (Å²) >= 11 is 6.19. The lowest BCUT2D eigenvalue weighted by molar-refractivity contribution is 0.482. The number of hydrogen-bond acceptors (Lipinski definition) is 4. The Hall–Kier alpha value is -1.31. The summed E-state index contributed by atoms with van der Waals surface area (Å²) in [5, 5.41) is 12.8. The SMILES string of the molecule is Cc1nc(N2CCN[C@H](C)C2)c(Cl)cc1C#N. The molecule has 0 radical (unpaired) electrons. The first-order chi connectivity index (χ1) is 8.11. The molecule has 1 fully saturated rings. The van der Waals surface area contributed by atoms with Crippen LogP contribution in [0.2, 0.25) is 5.02 Å². The molecule has 0 bridgehead atoms. The van der Waals surface area contributed by atoms with Gasteiger partial charge in [0.25, 0.3) is 0 Å². The summed E-state index contributed by atoms with van der Waals surface area (Å²) < 4.78 is 0. The fraction of sp³-hybridized carbons (Fsp3) is 0.500. The number of anilines is 1. The number of nitrogens with zero attached hydrogens (tertiary/aromatic N) is 3. The van der Waals surface area contributed by atoms with Crippen molar-refractivity contribution in [3.63, 3.8) is 0 Å². The zero-order valence-corrected chi connectivity index (χ0v) is 10.8. The van der Waals surface area contributed by atoms with Crippen molar-refractivity contribution in [2.75, 3.05) is 24.5 Å². The Labute approximate surface area is 106 Å². The fourth-order valence-corrected chi connectivity index (χ4v) is 2.30. The van der Waals surface area contributed by atoms with Gasteiger partial charge in [-0.25, -0.2) is 4.98 Å². The molecule has 1 N–H and O–H groups in total. The minimum atomic E-state index is 0.428. The summed E-state index contributed by atoms with van der Waals surface area (Å²) in [6.45, 7) is 6.68. The lowest BCUT2D eigenvalue weighted by Gasteiger charge is -2.33. The van der Waals surface area contributed by atoms with Crippen molar-refractivity contribution < 1.29 is 0 Å². The summed E-state index contributed by atoms with van der Waals surface area (Å²) in [6, 6.07) is 4.23. The number of rotatable bonds is 1. The van der Waals surface area contributed by atoms with E-state index in [1.54, 1.807) is 6.07 Å². The highest BCUT2D eigenvalue weighted by molar-refractivity contribution is 6.33. The number of piperazine rings is 1. The largest absolute Gasteiger partial charge is 0.353 e. The minimum absolute atomic E-state index is 0.428. The molecule has 0 amide bonds. The molecule has 17 heavy (non-hydrogen) atoms. The van der Waals surface area contributed by atoms with Crippen molar-refractivity contribution in [3.8, 4) is 6.07 Å². The third-order valence-electron chi connectivity index (χ3n) is 2.94. The van der Waals surface area contributed by atoms with E-state index in [4.69, 9.17) is 16.9 Å². The molecule has 1 aromatic rings. The maximum Gasteiger partial charge on any atom is 0.147 e. The van der Waals surface area contributed by atoms with Gasteiger partial charge in [0.15, 0.2) is 0 Å². The second-order valence-corrected chi connectivity index (χ2v) is 4.75. The molecule has 0 spiro atoms. The molecule has 90 valence electrons. The molecule has 2 rings (SSSR count). The molecule has 5 heteroatoms. The van der Waals surface area contributed by atoms with Gasteiger partial charge in [-0.05, 0) is 19.9 Å². The van der Waals surface area contributed by atoms with Gasteiger partial charge < -0.3 is 10.2 Å². The van der Waals surface area contributed by atoms with Crippen LogP contribution >= 0.6 is 11.6 Å². The van der Waals surface area contributed by atoms with Crippen molar-refractivity contribution in [1.82, 2.24) is 10.3 Å². The zero-order valence-electron chi connectivity index (χ0n) is 10.00. The highest BCUT2D eigenvalue weighted by Crippen LogP contribution is 2.26. The monoisotopic (exact) mass is 250 g/mol. The molecular formula is C12H15ClN4.